The van der Waals surface area contributed by atoms with Crippen LogP contribution in [0.3, 0.4) is 0 Å². The molecule has 0 saturated heterocycles. The summed E-state index contributed by atoms with van der Waals surface area (Å²) in [6.07, 6.45) is 8.28. The maximum Gasteiger partial charge on any atom is 0.255 e. The number of rotatable bonds is 5. The lowest BCUT2D eigenvalue weighted by molar-refractivity contribution is 0.0944. The van der Waals surface area contributed by atoms with Crippen LogP contribution in [0.25, 0.3) is 0 Å². The zero-order valence-corrected chi connectivity index (χ0v) is 13.6. The first-order chi connectivity index (χ1) is 10.1. The number of benzene rings is 1. The van der Waals surface area contributed by atoms with E-state index in [-0.39, 0.29) is 10.7 Å². The molecule has 116 valence electrons. The lowest BCUT2D eigenvalue weighted by Gasteiger charge is -2.35. The number of thioether (sulfide) groups is 1. The normalized spacial score (nSPS) is 17.2. The molecule has 1 aliphatic rings. The van der Waals surface area contributed by atoms with E-state index in [9.17, 15) is 4.79 Å². The first-order valence-corrected chi connectivity index (χ1v) is 8.59. The minimum Gasteiger partial charge on any atom is -0.496 e. The number of ether oxygens (including phenoxy) is 1. The van der Waals surface area contributed by atoms with Gasteiger partial charge in [0.2, 0.25) is 0 Å². The molecule has 2 rings (SSSR count). The Balaban J connectivity index is 2.06. The van der Waals surface area contributed by atoms with Crippen molar-refractivity contribution >= 4 is 23.4 Å². The highest BCUT2D eigenvalue weighted by molar-refractivity contribution is 8.00. The predicted molar refractivity (Wildman–Crippen MR) is 89.1 cm³/mol. The molecule has 1 amide bonds. The number of nitrogens with two attached hydrogens (primary N) is 1. The SMILES string of the molecule is COc1ccc(N)cc1C(=O)NCC1(SC)CCCCC1. The second-order valence-electron chi connectivity index (χ2n) is 5.59. The zero-order valence-electron chi connectivity index (χ0n) is 12.8. The molecule has 1 saturated carbocycles. The summed E-state index contributed by atoms with van der Waals surface area (Å²) >= 11 is 1.87. The molecule has 4 nitrogen and oxygen atoms in total. The Bertz CT molecular complexity index is 499. The Kier molecular flexibility index (Phi) is 5.39. The summed E-state index contributed by atoms with van der Waals surface area (Å²) in [7, 11) is 1.56. The van der Waals surface area contributed by atoms with Gasteiger partial charge in [0, 0.05) is 17.0 Å². The minimum absolute atomic E-state index is 0.113. The van der Waals surface area contributed by atoms with E-state index in [1.165, 1.54) is 32.1 Å². The highest BCUT2D eigenvalue weighted by Gasteiger charge is 2.31. The fourth-order valence-electron chi connectivity index (χ4n) is 2.89. The molecule has 0 radical (unpaired) electrons. The van der Waals surface area contributed by atoms with Crippen molar-refractivity contribution in [2.24, 2.45) is 0 Å². The molecule has 1 fully saturated rings. The molecule has 0 heterocycles. The fraction of sp³-hybridized carbons (Fsp3) is 0.562. The van der Waals surface area contributed by atoms with Crippen LogP contribution in [-0.2, 0) is 0 Å². The standard InChI is InChI=1S/C16H24N2O2S/c1-20-14-7-6-12(17)10-13(14)15(19)18-11-16(21-2)8-4-3-5-9-16/h6-7,10H,3-5,8-9,11,17H2,1-2H3,(H,18,19). The minimum atomic E-state index is -0.113. The molecular formula is C16H24N2O2S. The van der Waals surface area contributed by atoms with Gasteiger partial charge in [-0.2, -0.15) is 11.8 Å². The van der Waals surface area contributed by atoms with Crippen LogP contribution in [0.4, 0.5) is 5.69 Å². The van der Waals surface area contributed by atoms with Gasteiger partial charge in [-0.15, -0.1) is 0 Å². The van der Waals surface area contributed by atoms with Gasteiger partial charge in [-0.1, -0.05) is 19.3 Å². The first-order valence-electron chi connectivity index (χ1n) is 7.37. The molecule has 0 aliphatic heterocycles. The molecule has 1 aromatic rings. The monoisotopic (exact) mass is 308 g/mol. The van der Waals surface area contributed by atoms with Gasteiger partial charge in [-0.25, -0.2) is 0 Å². The van der Waals surface area contributed by atoms with Gasteiger partial charge in [-0.05, 0) is 37.3 Å². The van der Waals surface area contributed by atoms with E-state index in [1.807, 2.05) is 11.8 Å². The molecule has 3 N–H and O–H groups in total. The Hall–Kier alpha value is -1.36. The second-order valence-corrected chi connectivity index (χ2v) is 6.86. The molecule has 1 aliphatic carbocycles. The van der Waals surface area contributed by atoms with E-state index in [2.05, 4.69) is 11.6 Å². The zero-order chi connectivity index (χ0) is 15.3. The summed E-state index contributed by atoms with van der Waals surface area (Å²) in [4.78, 5) is 12.4. The Morgan fingerprint density at radius 1 is 1.38 bits per heavy atom. The summed E-state index contributed by atoms with van der Waals surface area (Å²) < 4.78 is 5.43. The lowest BCUT2D eigenvalue weighted by atomic mass is 9.88. The summed E-state index contributed by atoms with van der Waals surface area (Å²) in [5, 5.41) is 3.07. The van der Waals surface area contributed by atoms with Crippen LogP contribution < -0.4 is 15.8 Å². The van der Waals surface area contributed by atoms with Gasteiger partial charge < -0.3 is 15.8 Å². The van der Waals surface area contributed by atoms with Crippen molar-refractivity contribution in [3.05, 3.63) is 23.8 Å². The molecule has 5 heteroatoms. The number of nitrogens with one attached hydrogen (secondary N) is 1. The van der Waals surface area contributed by atoms with Crippen molar-refractivity contribution < 1.29 is 9.53 Å². The highest BCUT2D eigenvalue weighted by atomic mass is 32.2. The Labute approximate surface area is 130 Å². The van der Waals surface area contributed by atoms with E-state index < -0.39 is 0 Å². The number of nitrogen functional groups attached to an aromatic ring is 1. The predicted octanol–water partition coefficient (Wildman–Crippen LogP) is 3.07. The number of hydrogen-bond donors (Lipinski definition) is 2. The van der Waals surface area contributed by atoms with Gasteiger partial charge >= 0.3 is 0 Å². The van der Waals surface area contributed by atoms with E-state index in [0.29, 0.717) is 23.5 Å². The van der Waals surface area contributed by atoms with E-state index >= 15 is 0 Å². The summed E-state index contributed by atoms with van der Waals surface area (Å²) in [6.45, 7) is 0.699. The van der Waals surface area contributed by atoms with Gasteiger partial charge in [0.15, 0.2) is 0 Å². The van der Waals surface area contributed by atoms with Crippen molar-refractivity contribution in [1.82, 2.24) is 5.32 Å². The quantitative estimate of drug-likeness (QED) is 0.821. The van der Waals surface area contributed by atoms with Crippen LogP contribution in [0.15, 0.2) is 18.2 Å². The molecular weight excluding hydrogens is 284 g/mol. The van der Waals surface area contributed by atoms with Gasteiger partial charge in [-0.3, -0.25) is 4.79 Å². The largest absolute Gasteiger partial charge is 0.496 e. The average molecular weight is 308 g/mol. The smallest absolute Gasteiger partial charge is 0.255 e. The first kappa shape index (κ1) is 16.0. The van der Waals surface area contributed by atoms with Crippen LogP contribution in [0.2, 0.25) is 0 Å². The van der Waals surface area contributed by atoms with Gasteiger partial charge in [0.1, 0.15) is 5.75 Å². The van der Waals surface area contributed by atoms with Crippen LogP contribution >= 0.6 is 11.8 Å². The van der Waals surface area contributed by atoms with E-state index in [4.69, 9.17) is 10.5 Å². The van der Waals surface area contributed by atoms with Gasteiger partial charge in [0.05, 0.1) is 12.7 Å². The number of hydrogen-bond acceptors (Lipinski definition) is 4. The third-order valence-electron chi connectivity index (χ3n) is 4.24. The molecule has 0 atom stereocenters. The number of methoxy groups -OCH3 is 1. The molecule has 0 spiro atoms. The van der Waals surface area contributed by atoms with E-state index in [0.717, 1.165) is 0 Å². The lowest BCUT2D eigenvalue weighted by Crippen LogP contribution is -2.41. The van der Waals surface area contributed by atoms with Crippen molar-refractivity contribution in [3.63, 3.8) is 0 Å². The molecule has 0 unspecified atom stereocenters. The fourth-order valence-corrected chi connectivity index (χ4v) is 3.80. The van der Waals surface area contributed by atoms with Crippen molar-refractivity contribution in [2.75, 3.05) is 25.6 Å². The summed E-state index contributed by atoms with van der Waals surface area (Å²) in [6, 6.07) is 5.14. The highest BCUT2D eigenvalue weighted by Crippen LogP contribution is 2.38. The average Bonchev–Trinajstić information content (AvgIpc) is 2.53. The third kappa shape index (κ3) is 3.84. The molecule has 1 aromatic carbocycles. The van der Waals surface area contributed by atoms with Crippen molar-refractivity contribution in [2.45, 2.75) is 36.9 Å². The molecule has 0 bridgehead atoms. The van der Waals surface area contributed by atoms with Crippen molar-refractivity contribution in [3.8, 4) is 5.75 Å². The number of carbonyl (C=O) groups excluding carboxylic acids is 1. The number of anilines is 1. The van der Waals surface area contributed by atoms with Crippen LogP contribution in [-0.4, -0.2) is 30.6 Å². The number of amides is 1. The Morgan fingerprint density at radius 3 is 2.71 bits per heavy atom. The van der Waals surface area contributed by atoms with Crippen LogP contribution in [0.1, 0.15) is 42.5 Å². The summed E-state index contributed by atoms with van der Waals surface area (Å²) in [5.74, 6) is 0.446. The maximum atomic E-state index is 12.4. The topological polar surface area (TPSA) is 64.3 Å². The summed E-state index contributed by atoms with van der Waals surface area (Å²) in [5.41, 5.74) is 6.84. The second kappa shape index (κ2) is 7.07. The maximum absolute atomic E-state index is 12.4. The van der Waals surface area contributed by atoms with Crippen molar-refractivity contribution in [1.29, 1.82) is 0 Å². The van der Waals surface area contributed by atoms with Crippen LogP contribution in [0.5, 0.6) is 5.75 Å². The third-order valence-corrected chi connectivity index (χ3v) is 5.66. The van der Waals surface area contributed by atoms with Crippen LogP contribution in [0, 0.1) is 0 Å². The Morgan fingerprint density at radius 2 is 2.10 bits per heavy atom. The van der Waals surface area contributed by atoms with Gasteiger partial charge in [0.25, 0.3) is 5.91 Å². The molecule has 0 aromatic heterocycles. The number of carbonyl (C=O) groups is 1. The van der Waals surface area contributed by atoms with E-state index in [1.54, 1.807) is 25.3 Å². The molecule has 21 heavy (non-hydrogen) atoms.